The van der Waals surface area contributed by atoms with Crippen LogP contribution < -0.4 is 4.90 Å². The summed E-state index contributed by atoms with van der Waals surface area (Å²) in [6.07, 6.45) is 0.759. The summed E-state index contributed by atoms with van der Waals surface area (Å²) in [7, 11) is 2.11. The number of rotatable bonds is 8. The topological polar surface area (TPSA) is 101 Å². The first kappa shape index (κ1) is 30.4. The number of fused-ring (bicyclic) bond motifs is 2. The van der Waals surface area contributed by atoms with Crippen LogP contribution in [0.15, 0.2) is 102 Å². The molecule has 0 saturated carbocycles. The number of aliphatic imine (C=N–C) groups is 1. The Morgan fingerprint density at radius 2 is 1.60 bits per heavy atom. The highest BCUT2D eigenvalue weighted by molar-refractivity contribution is 6.22. The molecule has 47 heavy (non-hydrogen) atoms. The van der Waals surface area contributed by atoms with E-state index in [-0.39, 0.29) is 18.4 Å². The molecule has 2 N–H and O–H groups in total. The average molecular weight is 628 g/mol. The maximum Gasteiger partial charge on any atom is 0.338 e. The maximum atomic E-state index is 13.3. The molecule has 0 spiro atoms. The first-order chi connectivity index (χ1) is 22.9. The normalized spacial score (nSPS) is 15.6. The number of aromatic amines is 1. The van der Waals surface area contributed by atoms with Crippen molar-refractivity contribution in [1.82, 2.24) is 14.8 Å². The number of benzene rings is 4. The number of H-pyrrole nitrogens is 1. The van der Waals surface area contributed by atoms with Gasteiger partial charge in [-0.1, -0.05) is 66.7 Å². The molecular formula is C38H37N5O4. The quantitative estimate of drug-likeness (QED) is 0.173. The monoisotopic (exact) mass is 627 g/mol. The molecule has 7 rings (SSSR count). The van der Waals surface area contributed by atoms with Crippen LogP contribution in [0.2, 0.25) is 0 Å². The standard InChI is InChI=1S/C38H37N5O4/c1-41-18-20-42(21-19-41)24-34(44)43-17-16-28-22-30(13-15-33(28)43)39-36(27-10-6-3-7-11-27)35-31-14-12-29(23-32(31)40-37(35)45)38(46)47-25-26-8-4-2-5-9-26/h2-15,22-23,40,45H,16-21,24-25H2,1H3. The average Bonchev–Trinajstić information content (AvgIpc) is 3.67. The molecule has 0 aliphatic carbocycles. The molecule has 2 aliphatic rings. The number of carbonyl (C=O) groups is 2. The van der Waals surface area contributed by atoms with Gasteiger partial charge in [-0.15, -0.1) is 0 Å². The van der Waals surface area contributed by atoms with Crippen molar-refractivity contribution in [3.05, 3.63) is 125 Å². The molecule has 1 aromatic heterocycles. The highest BCUT2D eigenvalue weighted by atomic mass is 16.5. The van der Waals surface area contributed by atoms with Crippen LogP contribution in [-0.4, -0.2) is 83.8 Å². The SMILES string of the molecule is CN1CCN(CC(=O)N2CCc3cc(N=C(c4ccccc4)c4c(O)[nH]c5cc(C(=O)OCc6ccccc6)ccc45)ccc32)CC1. The summed E-state index contributed by atoms with van der Waals surface area (Å²) in [5.74, 6) is -0.363. The van der Waals surface area contributed by atoms with Gasteiger partial charge in [-0.05, 0) is 54.9 Å². The Morgan fingerprint density at radius 3 is 2.36 bits per heavy atom. The lowest BCUT2D eigenvalue weighted by atomic mass is 10.00. The molecule has 4 aromatic carbocycles. The summed E-state index contributed by atoms with van der Waals surface area (Å²) < 4.78 is 5.53. The summed E-state index contributed by atoms with van der Waals surface area (Å²) in [4.78, 5) is 40.7. The van der Waals surface area contributed by atoms with Gasteiger partial charge in [-0.3, -0.25) is 9.69 Å². The van der Waals surface area contributed by atoms with Gasteiger partial charge < -0.3 is 24.6 Å². The van der Waals surface area contributed by atoms with E-state index in [4.69, 9.17) is 9.73 Å². The maximum absolute atomic E-state index is 13.3. The summed E-state index contributed by atoms with van der Waals surface area (Å²) in [6, 6.07) is 30.4. The number of carbonyl (C=O) groups excluding carboxylic acids is 2. The van der Waals surface area contributed by atoms with Gasteiger partial charge >= 0.3 is 5.97 Å². The largest absolute Gasteiger partial charge is 0.494 e. The zero-order valence-electron chi connectivity index (χ0n) is 26.4. The van der Waals surface area contributed by atoms with Crippen LogP contribution in [0.25, 0.3) is 10.9 Å². The molecule has 1 amide bonds. The zero-order chi connectivity index (χ0) is 32.3. The van der Waals surface area contributed by atoms with Gasteiger partial charge in [0.25, 0.3) is 0 Å². The van der Waals surface area contributed by atoms with Crippen LogP contribution >= 0.6 is 0 Å². The first-order valence-corrected chi connectivity index (χ1v) is 16.0. The molecule has 0 bridgehead atoms. The van der Waals surface area contributed by atoms with Crippen molar-refractivity contribution >= 4 is 39.9 Å². The van der Waals surface area contributed by atoms with E-state index in [1.165, 1.54) is 0 Å². The Hall–Kier alpha value is -5.25. The predicted molar refractivity (Wildman–Crippen MR) is 184 cm³/mol. The van der Waals surface area contributed by atoms with Crippen molar-refractivity contribution in [3.8, 4) is 5.88 Å². The third-order valence-corrected chi connectivity index (χ3v) is 8.97. The van der Waals surface area contributed by atoms with Crippen molar-refractivity contribution in [2.24, 2.45) is 4.99 Å². The van der Waals surface area contributed by atoms with E-state index in [9.17, 15) is 14.7 Å². The van der Waals surface area contributed by atoms with E-state index < -0.39 is 5.97 Å². The van der Waals surface area contributed by atoms with E-state index in [1.807, 2.05) is 89.8 Å². The number of nitrogens with one attached hydrogen (secondary N) is 1. The zero-order valence-corrected chi connectivity index (χ0v) is 26.4. The fraction of sp³-hybridized carbons (Fsp3) is 0.237. The minimum atomic E-state index is -0.447. The Balaban J connectivity index is 1.16. The van der Waals surface area contributed by atoms with Gasteiger partial charge in [0.1, 0.15) is 6.61 Å². The Labute approximate surface area is 273 Å². The van der Waals surface area contributed by atoms with Crippen molar-refractivity contribution in [3.63, 3.8) is 0 Å². The fourth-order valence-electron chi connectivity index (χ4n) is 6.35. The lowest BCUT2D eigenvalue weighted by Gasteiger charge is -2.32. The minimum Gasteiger partial charge on any atom is -0.494 e. The Morgan fingerprint density at radius 1 is 0.851 bits per heavy atom. The van der Waals surface area contributed by atoms with Gasteiger partial charge in [0.15, 0.2) is 5.88 Å². The molecule has 238 valence electrons. The van der Waals surface area contributed by atoms with Gasteiger partial charge in [-0.25, -0.2) is 9.79 Å². The molecule has 3 heterocycles. The first-order valence-electron chi connectivity index (χ1n) is 16.0. The number of ether oxygens (including phenoxy) is 1. The van der Waals surface area contributed by atoms with E-state index in [2.05, 4.69) is 21.8 Å². The highest BCUT2D eigenvalue weighted by Crippen LogP contribution is 2.35. The molecule has 0 radical (unpaired) electrons. The molecule has 1 saturated heterocycles. The predicted octanol–water partition coefficient (Wildman–Crippen LogP) is 5.54. The molecule has 1 fully saturated rings. The number of aromatic hydroxyl groups is 1. The highest BCUT2D eigenvalue weighted by Gasteiger charge is 2.27. The summed E-state index contributed by atoms with van der Waals surface area (Å²) in [6.45, 7) is 5.01. The van der Waals surface area contributed by atoms with E-state index in [1.54, 1.807) is 12.1 Å². The third kappa shape index (κ3) is 6.54. The minimum absolute atomic E-state index is 0.0424. The number of esters is 1. The van der Waals surface area contributed by atoms with Crippen LogP contribution in [-0.2, 0) is 22.6 Å². The van der Waals surface area contributed by atoms with Crippen LogP contribution in [0.4, 0.5) is 11.4 Å². The summed E-state index contributed by atoms with van der Waals surface area (Å²) in [5.41, 5.74) is 6.59. The number of piperazine rings is 1. The van der Waals surface area contributed by atoms with Crippen molar-refractivity contribution < 1.29 is 19.4 Å². The van der Waals surface area contributed by atoms with Gasteiger partial charge in [-0.2, -0.15) is 0 Å². The summed E-state index contributed by atoms with van der Waals surface area (Å²) in [5, 5.41) is 12.0. The molecule has 0 unspecified atom stereocenters. The smallest absolute Gasteiger partial charge is 0.338 e. The number of nitrogens with zero attached hydrogens (tertiary/aromatic N) is 4. The molecule has 0 atom stereocenters. The second kappa shape index (κ2) is 13.2. The second-order valence-electron chi connectivity index (χ2n) is 12.2. The molecule has 9 heteroatoms. The number of likely N-dealkylation sites (N-methyl/N-ethyl adjacent to an activating group) is 1. The molecular weight excluding hydrogens is 590 g/mol. The van der Waals surface area contributed by atoms with Crippen LogP contribution in [0.5, 0.6) is 5.88 Å². The lowest BCUT2D eigenvalue weighted by Crippen LogP contribution is -2.48. The van der Waals surface area contributed by atoms with Crippen molar-refractivity contribution in [2.45, 2.75) is 13.0 Å². The van der Waals surface area contributed by atoms with Crippen LogP contribution in [0.1, 0.15) is 32.6 Å². The lowest BCUT2D eigenvalue weighted by molar-refractivity contribution is -0.120. The number of anilines is 1. The second-order valence-corrected chi connectivity index (χ2v) is 12.2. The van der Waals surface area contributed by atoms with Gasteiger partial charge in [0.05, 0.1) is 29.1 Å². The summed E-state index contributed by atoms with van der Waals surface area (Å²) >= 11 is 0. The number of aromatic nitrogens is 1. The molecule has 5 aromatic rings. The Kier molecular flexibility index (Phi) is 8.56. The van der Waals surface area contributed by atoms with Gasteiger partial charge in [0, 0.05) is 54.9 Å². The molecule has 2 aliphatic heterocycles. The van der Waals surface area contributed by atoms with Crippen molar-refractivity contribution in [1.29, 1.82) is 0 Å². The van der Waals surface area contributed by atoms with Crippen LogP contribution in [0.3, 0.4) is 0 Å². The number of amides is 1. The number of hydrogen-bond acceptors (Lipinski definition) is 7. The molecule has 9 nitrogen and oxygen atoms in total. The van der Waals surface area contributed by atoms with Crippen LogP contribution in [0, 0.1) is 0 Å². The van der Waals surface area contributed by atoms with Crippen molar-refractivity contribution in [2.75, 3.05) is 51.2 Å². The van der Waals surface area contributed by atoms with E-state index in [0.29, 0.717) is 35.4 Å². The van der Waals surface area contributed by atoms with Gasteiger partial charge in [0.2, 0.25) is 5.91 Å². The van der Waals surface area contributed by atoms with E-state index in [0.717, 1.165) is 66.1 Å². The fourth-order valence-corrected chi connectivity index (χ4v) is 6.35. The number of hydrogen-bond donors (Lipinski definition) is 2. The van der Waals surface area contributed by atoms with E-state index >= 15 is 0 Å². The Bertz CT molecular complexity index is 1950. The third-order valence-electron chi connectivity index (χ3n) is 8.97.